The van der Waals surface area contributed by atoms with Crippen LogP contribution in [-0.4, -0.2) is 26.4 Å². The summed E-state index contributed by atoms with van der Waals surface area (Å²) < 4.78 is 3.19. The molecule has 0 aromatic carbocycles. The van der Waals surface area contributed by atoms with Crippen LogP contribution in [0.15, 0.2) is 29.2 Å². The molecule has 3 aromatic heterocycles. The van der Waals surface area contributed by atoms with Gasteiger partial charge in [0, 0.05) is 19.3 Å². The molecule has 0 fully saturated rings. The summed E-state index contributed by atoms with van der Waals surface area (Å²) in [5, 5.41) is 11.9. The van der Waals surface area contributed by atoms with Gasteiger partial charge in [-0.15, -0.1) is 0 Å². The van der Waals surface area contributed by atoms with Gasteiger partial charge in [0.2, 0.25) is 0 Å². The van der Waals surface area contributed by atoms with Crippen LogP contribution in [0.5, 0.6) is 0 Å². The van der Waals surface area contributed by atoms with Gasteiger partial charge in [0.15, 0.2) is 0 Å². The van der Waals surface area contributed by atoms with Crippen molar-refractivity contribution >= 4 is 22.6 Å². The van der Waals surface area contributed by atoms with Gasteiger partial charge in [-0.1, -0.05) is 45.6 Å². The van der Waals surface area contributed by atoms with Crippen molar-refractivity contribution in [3.8, 4) is 0 Å². The molecule has 7 heteroatoms. The normalized spacial score (nSPS) is 11.3. The monoisotopic (exact) mass is 409 g/mol. The van der Waals surface area contributed by atoms with Crippen molar-refractivity contribution in [3.63, 3.8) is 0 Å². The lowest BCUT2D eigenvalue weighted by Gasteiger charge is -2.14. The van der Waals surface area contributed by atoms with Crippen LogP contribution in [0.4, 0.5) is 0 Å². The topological polar surface area (TPSA) is 92.2 Å². The number of fused-ring (bicyclic) bond motifs is 2. The first-order valence-electron chi connectivity index (χ1n) is 10.9. The number of carbonyl (C=O) groups excluding carboxylic acids is 1. The van der Waals surface area contributed by atoms with Gasteiger partial charge < -0.3 is 9.88 Å². The van der Waals surface area contributed by atoms with Crippen LogP contribution in [0.25, 0.3) is 16.7 Å². The molecule has 0 saturated carbocycles. The zero-order chi connectivity index (χ0) is 21.7. The van der Waals surface area contributed by atoms with Gasteiger partial charge in [-0.2, -0.15) is 0 Å². The zero-order valence-electron chi connectivity index (χ0n) is 18.1. The average molecular weight is 410 g/mol. The number of carbonyl (C=O) groups is 1. The summed E-state index contributed by atoms with van der Waals surface area (Å²) in [7, 11) is 0. The van der Waals surface area contributed by atoms with E-state index in [0.29, 0.717) is 29.8 Å². The fourth-order valence-corrected chi connectivity index (χ4v) is 3.74. The Labute approximate surface area is 176 Å². The predicted molar refractivity (Wildman–Crippen MR) is 119 cm³/mol. The summed E-state index contributed by atoms with van der Waals surface area (Å²) in [5.41, 5.74) is 2.00. The van der Waals surface area contributed by atoms with Crippen molar-refractivity contribution in [2.75, 3.05) is 6.54 Å². The Kier molecular flexibility index (Phi) is 7.03. The van der Waals surface area contributed by atoms with Crippen molar-refractivity contribution in [2.45, 2.75) is 65.8 Å². The molecule has 0 aliphatic rings. The third-order valence-corrected chi connectivity index (χ3v) is 5.39. The minimum absolute atomic E-state index is 0.0951. The zero-order valence-corrected chi connectivity index (χ0v) is 18.1. The Morgan fingerprint density at radius 2 is 1.90 bits per heavy atom. The molecule has 0 atom stereocenters. The third kappa shape index (κ3) is 4.30. The van der Waals surface area contributed by atoms with E-state index in [1.54, 1.807) is 10.8 Å². The summed E-state index contributed by atoms with van der Waals surface area (Å²) in [4.78, 5) is 30.7. The molecule has 0 radical (unpaired) electrons. The van der Waals surface area contributed by atoms with Gasteiger partial charge in [-0.05, 0) is 37.5 Å². The van der Waals surface area contributed by atoms with Gasteiger partial charge in [0.25, 0.3) is 11.5 Å². The first-order valence-corrected chi connectivity index (χ1v) is 10.9. The number of hydrogen-bond donors (Lipinski definition) is 2. The van der Waals surface area contributed by atoms with E-state index in [2.05, 4.69) is 12.2 Å². The number of aromatic nitrogens is 3. The van der Waals surface area contributed by atoms with Crippen LogP contribution in [0.2, 0.25) is 0 Å². The molecule has 0 saturated heterocycles. The molecule has 0 unspecified atom stereocenters. The molecule has 160 valence electrons. The van der Waals surface area contributed by atoms with E-state index in [1.807, 2.05) is 26.0 Å². The van der Waals surface area contributed by atoms with E-state index in [0.717, 1.165) is 31.2 Å². The Bertz CT molecular complexity index is 1180. The summed E-state index contributed by atoms with van der Waals surface area (Å²) >= 11 is 0. The molecule has 3 aromatic rings. The molecule has 1 amide bonds. The van der Waals surface area contributed by atoms with E-state index in [4.69, 9.17) is 10.4 Å². The molecule has 0 aliphatic carbocycles. The number of aryl methyl sites for hydroxylation is 2. The second-order valence-corrected chi connectivity index (χ2v) is 7.77. The Morgan fingerprint density at radius 3 is 2.63 bits per heavy atom. The molecule has 2 N–H and O–H groups in total. The number of rotatable bonds is 9. The summed E-state index contributed by atoms with van der Waals surface area (Å²) in [6, 6.07) is 5.24. The Morgan fingerprint density at radius 1 is 1.13 bits per heavy atom. The number of nitrogens with zero attached hydrogens (tertiary/aromatic N) is 3. The van der Waals surface area contributed by atoms with Crippen molar-refractivity contribution in [2.24, 2.45) is 0 Å². The summed E-state index contributed by atoms with van der Waals surface area (Å²) in [6.07, 6.45) is 7.99. The van der Waals surface area contributed by atoms with E-state index >= 15 is 0 Å². The minimum atomic E-state index is -0.309. The summed E-state index contributed by atoms with van der Waals surface area (Å²) in [5.74, 6) is -0.309. The van der Waals surface area contributed by atoms with Crippen LogP contribution < -0.4 is 16.4 Å². The van der Waals surface area contributed by atoms with E-state index in [-0.39, 0.29) is 22.5 Å². The first kappa shape index (κ1) is 21.7. The van der Waals surface area contributed by atoms with E-state index < -0.39 is 0 Å². The van der Waals surface area contributed by atoms with Gasteiger partial charge in [0.05, 0.1) is 10.9 Å². The molecule has 0 aliphatic heterocycles. The van der Waals surface area contributed by atoms with Crippen LogP contribution in [0.3, 0.4) is 0 Å². The fraction of sp³-hybridized carbons (Fsp3) is 0.478. The maximum atomic E-state index is 13.2. The van der Waals surface area contributed by atoms with Crippen molar-refractivity contribution in [1.82, 2.24) is 19.3 Å². The highest BCUT2D eigenvalue weighted by molar-refractivity contribution is 5.96. The van der Waals surface area contributed by atoms with Gasteiger partial charge in [-0.25, -0.2) is 4.98 Å². The van der Waals surface area contributed by atoms with E-state index in [1.165, 1.54) is 23.3 Å². The van der Waals surface area contributed by atoms with Gasteiger partial charge in [-0.3, -0.25) is 19.4 Å². The summed E-state index contributed by atoms with van der Waals surface area (Å²) in [6.45, 7) is 7.16. The number of unbranched alkanes of at least 4 members (excludes halogenated alkanes) is 4. The second-order valence-electron chi connectivity index (χ2n) is 7.77. The molecular weight excluding hydrogens is 378 g/mol. The highest BCUT2D eigenvalue weighted by Gasteiger charge is 2.17. The second kappa shape index (κ2) is 9.69. The van der Waals surface area contributed by atoms with Crippen molar-refractivity contribution in [1.29, 1.82) is 5.41 Å². The van der Waals surface area contributed by atoms with Crippen LogP contribution in [0, 0.1) is 12.3 Å². The van der Waals surface area contributed by atoms with Gasteiger partial charge in [0.1, 0.15) is 16.8 Å². The molecule has 3 heterocycles. The fourth-order valence-electron chi connectivity index (χ4n) is 3.74. The third-order valence-electron chi connectivity index (χ3n) is 5.39. The number of nitrogens with one attached hydrogen (secondary N) is 2. The molecule has 0 spiro atoms. The van der Waals surface area contributed by atoms with Crippen molar-refractivity contribution < 1.29 is 4.79 Å². The molecule has 7 nitrogen and oxygen atoms in total. The number of hydrogen-bond acceptors (Lipinski definition) is 4. The lowest BCUT2D eigenvalue weighted by Crippen LogP contribution is -2.35. The molecular formula is C23H31N5O2. The first-order chi connectivity index (χ1) is 14.5. The largest absolute Gasteiger partial charge is 0.352 e. The predicted octanol–water partition coefficient (Wildman–Crippen LogP) is 3.55. The minimum Gasteiger partial charge on any atom is -0.352 e. The lowest BCUT2D eigenvalue weighted by atomic mass is 10.1. The lowest BCUT2D eigenvalue weighted by molar-refractivity contribution is 0.0950. The molecule has 0 bridgehead atoms. The Hall–Kier alpha value is -2.96. The van der Waals surface area contributed by atoms with Crippen LogP contribution >= 0.6 is 0 Å². The van der Waals surface area contributed by atoms with Gasteiger partial charge >= 0.3 is 0 Å². The van der Waals surface area contributed by atoms with Crippen molar-refractivity contribution in [3.05, 3.63) is 51.4 Å². The van der Waals surface area contributed by atoms with Crippen LogP contribution in [0.1, 0.15) is 68.3 Å². The molecule has 30 heavy (non-hydrogen) atoms. The van der Waals surface area contributed by atoms with Crippen LogP contribution in [-0.2, 0) is 6.54 Å². The SMILES string of the molecule is CCCCCCCNC(=O)c1cc2c(=O)n3cccc(C)c3nc2n(CCC)c1=N. The number of amides is 1. The maximum Gasteiger partial charge on any atom is 0.267 e. The quantitative estimate of drug-likeness (QED) is 0.418. The molecule has 3 rings (SSSR count). The highest BCUT2D eigenvalue weighted by Crippen LogP contribution is 2.13. The number of pyridine rings is 2. The average Bonchev–Trinajstić information content (AvgIpc) is 2.73. The standard InChI is InChI=1S/C23H31N5O2/c1-4-6-7-8-9-12-25-22(29)17-15-18-21(27(13-5-2)19(17)24)26-20-16(3)11-10-14-28(20)23(18)30/h10-11,14-15,24H,4-9,12-13H2,1-3H3,(H,25,29). The maximum absolute atomic E-state index is 13.2. The Balaban J connectivity index is 2.04. The smallest absolute Gasteiger partial charge is 0.267 e. The highest BCUT2D eigenvalue weighted by atomic mass is 16.1. The van der Waals surface area contributed by atoms with E-state index in [9.17, 15) is 9.59 Å².